The van der Waals surface area contributed by atoms with Gasteiger partial charge in [-0.05, 0) is 48.1 Å². The first-order valence-electron chi connectivity index (χ1n) is 7.45. The van der Waals surface area contributed by atoms with E-state index in [-0.39, 0.29) is 12.6 Å². The number of hydrogen-bond acceptors (Lipinski definition) is 2. The highest BCUT2D eigenvalue weighted by molar-refractivity contribution is 6.30. The zero-order valence-electron chi connectivity index (χ0n) is 11.9. The van der Waals surface area contributed by atoms with E-state index in [1.807, 2.05) is 24.3 Å². The van der Waals surface area contributed by atoms with E-state index in [0.717, 1.165) is 24.3 Å². The van der Waals surface area contributed by atoms with E-state index in [0.29, 0.717) is 6.04 Å². The quantitative estimate of drug-likeness (QED) is 0.885. The summed E-state index contributed by atoms with van der Waals surface area (Å²) < 4.78 is 0. The largest absolute Gasteiger partial charge is 0.395 e. The van der Waals surface area contributed by atoms with Crippen LogP contribution in [-0.2, 0) is 12.8 Å². The molecule has 0 fully saturated rings. The average Bonchev–Trinajstić information content (AvgIpc) is 2.89. The van der Waals surface area contributed by atoms with Crippen molar-refractivity contribution in [3.05, 3.63) is 70.2 Å². The van der Waals surface area contributed by atoms with E-state index in [9.17, 15) is 5.11 Å². The van der Waals surface area contributed by atoms with Crippen LogP contribution in [0.2, 0.25) is 5.02 Å². The molecule has 2 aromatic carbocycles. The summed E-state index contributed by atoms with van der Waals surface area (Å²) in [6.45, 7) is 0.147. The molecular formula is C18H20ClNO. The van der Waals surface area contributed by atoms with Crippen LogP contribution in [0.1, 0.15) is 29.2 Å². The Hall–Kier alpha value is -1.35. The Labute approximate surface area is 130 Å². The number of halogens is 1. The van der Waals surface area contributed by atoms with Crippen LogP contribution in [0.15, 0.2) is 48.5 Å². The first-order chi connectivity index (χ1) is 10.3. The van der Waals surface area contributed by atoms with Gasteiger partial charge in [-0.3, -0.25) is 0 Å². The fourth-order valence-corrected chi connectivity index (χ4v) is 3.31. The van der Waals surface area contributed by atoms with Crippen LogP contribution in [0.25, 0.3) is 0 Å². The summed E-state index contributed by atoms with van der Waals surface area (Å²) in [7, 11) is 0. The van der Waals surface area contributed by atoms with Gasteiger partial charge in [0.2, 0.25) is 0 Å². The Balaban J connectivity index is 1.69. The molecule has 0 bridgehead atoms. The molecule has 2 aromatic rings. The summed E-state index contributed by atoms with van der Waals surface area (Å²) in [4.78, 5) is 0. The van der Waals surface area contributed by atoms with E-state index in [2.05, 4.69) is 29.6 Å². The Kier molecular flexibility index (Phi) is 4.59. The van der Waals surface area contributed by atoms with E-state index in [1.165, 1.54) is 16.7 Å². The number of nitrogens with one attached hydrogen (secondary N) is 1. The molecule has 110 valence electrons. The van der Waals surface area contributed by atoms with Crippen LogP contribution in [0.4, 0.5) is 0 Å². The maximum Gasteiger partial charge on any atom is 0.0588 e. The summed E-state index contributed by atoms with van der Waals surface area (Å²) in [6.07, 6.45) is 2.97. The fourth-order valence-electron chi connectivity index (χ4n) is 3.12. The summed E-state index contributed by atoms with van der Waals surface area (Å²) >= 11 is 6.05. The lowest BCUT2D eigenvalue weighted by Gasteiger charge is -2.22. The Bertz CT molecular complexity index is 599. The van der Waals surface area contributed by atoms with Crippen molar-refractivity contribution in [2.24, 2.45) is 0 Å². The molecule has 3 rings (SSSR count). The van der Waals surface area contributed by atoms with Crippen LogP contribution < -0.4 is 5.32 Å². The highest BCUT2D eigenvalue weighted by atomic mass is 35.5. The first kappa shape index (κ1) is 14.6. The molecule has 2 N–H and O–H groups in total. The van der Waals surface area contributed by atoms with Crippen LogP contribution in [0, 0.1) is 0 Å². The lowest BCUT2D eigenvalue weighted by atomic mass is 10.0. The SMILES string of the molecule is OC[C@@H](Cc1ccccc1)NC1CCc2cc(Cl)ccc21. The molecule has 2 nitrogen and oxygen atoms in total. The topological polar surface area (TPSA) is 32.3 Å². The van der Waals surface area contributed by atoms with Crippen molar-refractivity contribution < 1.29 is 5.11 Å². The fraction of sp³-hybridized carbons (Fsp3) is 0.333. The summed E-state index contributed by atoms with van der Waals surface area (Å²) in [5.74, 6) is 0. The van der Waals surface area contributed by atoms with E-state index in [4.69, 9.17) is 11.6 Å². The molecule has 21 heavy (non-hydrogen) atoms. The second-order valence-corrected chi connectivity index (χ2v) is 6.11. The molecule has 0 heterocycles. The molecule has 0 spiro atoms. The van der Waals surface area contributed by atoms with Crippen molar-refractivity contribution >= 4 is 11.6 Å². The Morgan fingerprint density at radius 2 is 2.00 bits per heavy atom. The normalized spacial score (nSPS) is 18.5. The number of aliphatic hydroxyl groups is 1. The van der Waals surface area contributed by atoms with Crippen molar-refractivity contribution in [3.8, 4) is 0 Å². The predicted octanol–water partition coefficient (Wildman–Crippen LogP) is 3.52. The molecule has 0 aliphatic heterocycles. The summed E-state index contributed by atoms with van der Waals surface area (Å²) in [5, 5.41) is 14.1. The predicted molar refractivity (Wildman–Crippen MR) is 86.7 cm³/mol. The van der Waals surface area contributed by atoms with E-state index < -0.39 is 0 Å². The monoisotopic (exact) mass is 301 g/mol. The minimum absolute atomic E-state index is 0.0824. The van der Waals surface area contributed by atoms with Gasteiger partial charge in [0.05, 0.1) is 6.61 Å². The number of aryl methyl sites for hydroxylation is 1. The summed E-state index contributed by atoms with van der Waals surface area (Å²) in [6, 6.07) is 16.8. The van der Waals surface area contributed by atoms with Gasteiger partial charge in [-0.2, -0.15) is 0 Å². The van der Waals surface area contributed by atoms with Crippen molar-refractivity contribution in [2.45, 2.75) is 31.3 Å². The molecule has 1 aliphatic rings. The van der Waals surface area contributed by atoms with Gasteiger partial charge in [0.15, 0.2) is 0 Å². The minimum atomic E-state index is 0.0824. The third kappa shape index (κ3) is 3.46. The van der Waals surface area contributed by atoms with Gasteiger partial charge in [0.1, 0.15) is 0 Å². The highest BCUT2D eigenvalue weighted by Crippen LogP contribution is 2.33. The zero-order valence-corrected chi connectivity index (χ0v) is 12.7. The third-order valence-corrected chi connectivity index (χ3v) is 4.40. The molecule has 0 aromatic heterocycles. The summed E-state index contributed by atoms with van der Waals surface area (Å²) in [5.41, 5.74) is 3.90. The number of fused-ring (bicyclic) bond motifs is 1. The van der Waals surface area contributed by atoms with Crippen LogP contribution >= 0.6 is 11.6 Å². The molecule has 0 radical (unpaired) electrons. The van der Waals surface area contributed by atoms with Crippen LogP contribution in [0.3, 0.4) is 0 Å². The Morgan fingerprint density at radius 1 is 1.19 bits per heavy atom. The molecule has 1 aliphatic carbocycles. The third-order valence-electron chi connectivity index (χ3n) is 4.16. The lowest BCUT2D eigenvalue weighted by Crippen LogP contribution is -2.36. The smallest absolute Gasteiger partial charge is 0.0588 e. The molecule has 1 unspecified atom stereocenters. The maximum absolute atomic E-state index is 9.66. The molecule has 0 saturated carbocycles. The van der Waals surface area contributed by atoms with Crippen molar-refractivity contribution in [2.75, 3.05) is 6.61 Å². The second-order valence-electron chi connectivity index (χ2n) is 5.67. The van der Waals surface area contributed by atoms with Gasteiger partial charge in [0.25, 0.3) is 0 Å². The van der Waals surface area contributed by atoms with Gasteiger partial charge in [0, 0.05) is 17.1 Å². The van der Waals surface area contributed by atoms with Crippen molar-refractivity contribution in [1.29, 1.82) is 0 Å². The lowest BCUT2D eigenvalue weighted by molar-refractivity contribution is 0.230. The van der Waals surface area contributed by atoms with E-state index in [1.54, 1.807) is 0 Å². The Morgan fingerprint density at radius 3 is 2.76 bits per heavy atom. The standard InChI is InChI=1S/C18H20ClNO/c19-15-7-8-17-14(11-15)6-9-18(17)20-16(12-21)10-13-4-2-1-3-5-13/h1-5,7-8,11,16,18,20-21H,6,9-10,12H2/t16-,18?/m1/s1. The van der Waals surface area contributed by atoms with Crippen molar-refractivity contribution in [3.63, 3.8) is 0 Å². The molecular weight excluding hydrogens is 282 g/mol. The number of rotatable bonds is 5. The second kappa shape index (κ2) is 6.61. The molecule has 3 heteroatoms. The van der Waals surface area contributed by atoms with E-state index >= 15 is 0 Å². The molecule has 2 atom stereocenters. The number of hydrogen-bond donors (Lipinski definition) is 2. The van der Waals surface area contributed by atoms with Gasteiger partial charge in [-0.1, -0.05) is 48.0 Å². The minimum Gasteiger partial charge on any atom is -0.395 e. The average molecular weight is 302 g/mol. The van der Waals surface area contributed by atoms with Crippen LogP contribution in [-0.4, -0.2) is 17.8 Å². The zero-order chi connectivity index (χ0) is 14.7. The maximum atomic E-state index is 9.66. The molecule has 0 saturated heterocycles. The first-order valence-corrected chi connectivity index (χ1v) is 7.83. The van der Waals surface area contributed by atoms with Gasteiger partial charge >= 0.3 is 0 Å². The number of aliphatic hydroxyl groups excluding tert-OH is 1. The van der Waals surface area contributed by atoms with Crippen molar-refractivity contribution in [1.82, 2.24) is 5.32 Å². The van der Waals surface area contributed by atoms with Gasteiger partial charge in [-0.25, -0.2) is 0 Å². The van der Waals surface area contributed by atoms with Crippen LogP contribution in [0.5, 0.6) is 0 Å². The number of benzene rings is 2. The van der Waals surface area contributed by atoms with Gasteiger partial charge in [-0.15, -0.1) is 0 Å². The molecule has 0 amide bonds. The highest BCUT2D eigenvalue weighted by Gasteiger charge is 2.24. The van der Waals surface area contributed by atoms with Gasteiger partial charge < -0.3 is 10.4 Å².